The largest absolute Gasteiger partial charge is 0.302 e. The first-order valence-electron chi connectivity index (χ1n) is 2.56. The zero-order valence-corrected chi connectivity index (χ0v) is 7.70. The van der Waals surface area contributed by atoms with E-state index in [-0.39, 0.29) is 0 Å². The molecule has 6 nitrogen and oxygen atoms in total. The molecule has 0 aromatic rings. The fraction of sp³-hybridized carbons (Fsp3) is 0.667. The van der Waals surface area contributed by atoms with E-state index in [2.05, 4.69) is 0 Å². The van der Waals surface area contributed by atoms with E-state index < -0.39 is 20.0 Å². The molecule has 0 saturated heterocycles. The van der Waals surface area contributed by atoms with E-state index >= 15 is 0 Å². The molecule has 0 saturated carbocycles. The lowest BCUT2D eigenvalue weighted by atomic mass is 11.0. The zero-order chi connectivity index (χ0) is 9.12. The van der Waals surface area contributed by atoms with Gasteiger partial charge in [-0.2, -0.15) is 0 Å². The number of rotatable bonds is 3. The normalized spacial score (nSPS) is 17.4. The van der Waals surface area contributed by atoms with Gasteiger partial charge in [0, 0.05) is 5.37 Å². The molecule has 0 amide bonds. The lowest BCUT2D eigenvalue weighted by Gasteiger charge is -2.04. The Kier molecular flexibility index (Phi) is 3.45. The van der Waals surface area contributed by atoms with Crippen molar-refractivity contribution in [2.24, 2.45) is 0 Å². The van der Waals surface area contributed by atoms with Crippen LogP contribution in [0.2, 0.25) is 0 Å². The third-order valence-electron chi connectivity index (χ3n) is 0.693. The molecule has 0 aliphatic heterocycles. The van der Waals surface area contributed by atoms with Crippen LogP contribution in [0.4, 0.5) is 0 Å². The van der Waals surface area contributed by atoms with E-state index in [9.17, 15) is 12.6 Å². The van der Waals surface area contributed by atoms with Crippen molar-refractivity contribution < 1.29 is 17.2 Å². The molecule has 0 rings (SSSR count). The molecule has 0 aromatic carbocycles. The van der Waals surface area contributed by atoms with Gasteiger partial charge in [0.25, 0.3) is 0 Å². The van der Waals surface area contributed by atoms with E-state index in [4.69, 9.17) is 4.55 Å². The van der Waals surface area contributed by atoms with Crippen molar-refractivity contribution in [1.29, 1.82) is 0 Å². The minimum Gasteiger partial charge on any atom is -0.302 e. The van der Waals surface area contributed by atoms with Gasteiger partial charge in [0.1, 0.15) is 0 Å². The SMILES string of the molecule is CC=S(=O)(O)NNS(C)(=O)=O. The van der Waals surface area contributed by atoms with Gasteiger partial charge in [-0.05, 0) is 6.92 Å². The number of hydrogen-bond donors (Lipinski definition) is 3. The van der Waals surface area contributed by atoms with Gasteiger partial charge < -0.3 is 4.55 Å². The van der Waals surface area contributed by atoms with Crippen LogP contribution in [0.5, 0.6) is 0 Å². The van der Waals surface area contributed by atoms with Gasteiger partial charge in [-0.1, -0.05) is 0 Å². The van der Waals surface area contributed by atoms with Crippen LogP contribution in [0.15, 0.2) is 0 Å². The lowest BCUT2D eigenvalue weighted by molar-refractivity contribution is 0.533. The molecule has 1 atom stereocenters. The van der Waals surface area contributed by atoms with Crippen LogP contribution in [0.25, 0.3) is 0 Å². The van der Waals surface area contributed by atoms with Crippen molar-refractivity contribution in [3.8, 4) is 0 Å². The van der Waals surface area contributed by atoms with E-state index in [1.165, 1.54) is 6.92 Å². The molecule has 3 N–H and O–H groups in total. The fourth-order valence-corrected chi connectivity index (χ4v) is 1.40. The average Bonchev–Trinajstić information content (AvgIpc) is 1.83. The second-order valence-electron chi connectivity index (χ2n) is 1.78. The zero-order valence-electron chi connectivity index (χ0n) is 6.07. The Bertz CT molecular complexity index is 323. The van der Waals surface area contributed by atoms with E-state index in [1.54, 1.807) is 9.66 Å². The summed E-state index contributed by atoms with van der Waals surface area (Å²) in [5.41, 5.74) is 0. The summed E-state index contributed by atoms with van der Waals surface area (Å²) in [6.07, 6.45) is 0.866. The van der Waals surface area contributed by atoms with Crippen LogP contribution in [0.1, 0.15) is 6.92 Å². The summed E-state index contributed by atoms with van der Waals surface area (Å²) in [6.45, 7) is 1.33. The van der Waals surface area contributed by atoms with Crippen LogP contribution in [-0.2, 0) is 20.0 Å². The first-order valence-corrected chi connectivity index (χ1v) is 6.03. The molecule has 1 unspecified atom stereocenters. The Balaban J connectivity index is 4.25. The molecule has 0 radical (unpaired) electrons. The molecule has 8 heteroatoms. The number of hydrogen-bond acceptors (Lipinski definition) is 3. The Hall–Kier alpha value is -0.150. The predicted molar refractivity (Wildman–Crippen MR) is 43.6 cm³/mol. The Labute approximate surface area is 66.0 Å². The number of hydrazine groups is 1. The maximum atomic E-state index is 10.7. The Morgan fingerprint density at radius 3 is 2.00 bits per heavy atom. The highest BCUT2D eigenvalue weighted by molar-refractivity contribution is 7.95. The smallest absolute Gasteiger partial charge is 0.222 e. The molecule has 0 spiro atoms. The summed E-state index contributed by atoms with van der Waals surface area (Å²) in [4.78, 5) is 3.42. The van der Waals surface area contributed by atoms with Crippen LogP contribution < -0.4 is 9.66 Å². The third-order valence-corrected chi connectivity index (χ3v) is 2.33. The molecule has 0 fully saturated rings. The van der Waals surface area contributed by atoms with Crippen molar-refractivity contribution in [3.63, 3.8) is 0 Å². The number of nitrogens with one attached hydrogen (secondary N) is 2. The number of sulfonamides is 1. The highest BCUT2D eigenvalue weighted by Gasteiger charge is 2.02. The molecule has 0 heterocycles. The molecule has 0 aliphatic carbocycles. The highest BCUT2D eigenvalue weighted by Crippen LogP contribution is 1.75. The van der Waals surface area contributed by atoms with Crippen LogP contribution >= 0.6 is 0 Å². The summed E-state index contributed by atoms with van der Waals surface area (Å²) in [6, 6.07) is 0. The molecule has 0 aromatic heterocycles. The summed E-state index contributed by atoms with van der Waals surface area (Å²) in [7, 11) is -6.86. The van der Waals surface area contributed by atoms with Gasteiger partial charge in [-0.25, -0.2) is 12.6 Å². The first-order chi connectivity index (χ1) is 4.77. The minimum absolute atomic E-state index is 0.866. The lowest BCUT2D eigenvalue weighted by Crippen LogP contribution is -2.41. The maximum absolute atomic E-state index is 10.7. The minimum atomic E-state index is -3.49. The summed E-state index contributed by atoms with van der Waals surface area (Å²) in [5, 5.41) is 0.950. The van der Waals surface area contributed by atoms with Crippen molar-refractivity contribution in [1.82, 2.24) is 9.66 Å². The second-order valence-corrected chi connectivity index (χ2v) is 5.34. The summed E-state index contributed by atoms with van der Waals surface area (Å²) >= 11 is 0. The van der Waals surface area contributed by atoms with Gasteiger partial charge in [-0.15, -0.1) is 9.66 Å². The van der Waals surface area contributed by atoms with Gasteiger partial charge in [0.15, 0.2) is 9.99 Å². The Morgan fingerprint density at radius 2 is 1.73 bits per heavy atom. The molecule has 68 valence electrons. The van der Waals surface area contributed by atoms with Gasteiger partial charge >= 0.3 is 0 Å². The van der Waals surface area contributed by atoms with Crippen molar-refractivity contribution in [3.05, 3.63) is 0 Å². The van der Waals surface area contributed by atoms with E-state index in [0.29, 0.717) is 0 Å². The summed E-state index contributed by atoms with van der Waals surface area (Å²) in [5.74, 6) is 0. The summed E-state index contributed by atoms with van der Waals surface area (Å²) < 4.78 is 40.1. The average molecular weight is 202 g/mol. The van der Waals surface area contributed by atoms with E-state index in [0.717, 1.165) is 11.6 Å². The standard InChI is InChI=1S/C3H10N2O4S2/c1-3-11(8,9)5-4-10(2,6)7/h3-4H,1-2H3,(H2,5,8,9). The Morgan fingerprint density at radius 1 is 1.27 bits per heavy atom. The topological polar surface area (TPSA) is 95.5 Å². The van der Waals surface area contributed by atoms with Crippen LogP contribution in [-0.4, -0.2) is 28.8 Å². The van der Waals surface area contributed by atoms with Crippen molar-refractivity contribution in [2.75, 3.05) is 6.26 Å². The molecule has 0 aliphatic rings. The molecular formula is C3H10N2O4S2. The highest BCUT2D eigenvalue weighted by atomic mass is 32.2. The second kappa shape index (κ2) is 3.50. The predicted octanol–water partition coefficient (Wildman–Crippen LogP) is -1.47. The third kappa shape index (κ3) is 6.26. The first kappa shape index (κ1) is 10.8. The van der Waals surface area contributed by atoms with Crippen LogP contribution in [0.3, 0.4) is 0 Å². The molecular weight excluding hydrogens is 192 g/mol. The molecule has 11 heavy (non-hydrogen) atoms. The fourth-order valence-electron chi connectivity index (χ4n) is 0.194. The van der Waals surface area contributed by atoms with Crippen molar-refractivity contribution in [2.45, 2.75) is 6.92 Å². The van der Waals surface area contributed by atoms with Gasteiger partial charge in [0.2, 0.25) is 10.0 Å². The van der Waals surface area contributed by atoms with E-state index in [1.807, 2.05) is 0 Å². The maximum Gasteiger partial charge on any atom is 0.222 e. The molecule has 0 bridgehead atoms. The monoisotopic (exact) mass is 202 g/mol. The van der Waals surface area contributed by atoms with Gasteiger partial charge in [-0.3, -0.25) is 0 Å². The van der Waals surface area contributed by atoms with Gasteiger partial charge in [0.05, 0.1) is 6.26 Å². The van der Waals surface area contributed by atoms with Crippen molar-refractivity contribution >= 4 is 25.4 Å². The quantitative estimate of drug-likeness (QED) is 0.385. The van der Waals surface area contributed by atoms with Crippen LogP contribution in [0, 0.1) is 0 Å².